The Kier molecular flexibility index (Phi) is 4.59. The van der Waals surface area contributed by atoms with Gasteiger partial charge in [0.2, 0.25) is 0 Å². The smallest absolute Gasteiger partial charge is 0.0700 e. The van der Waals surface area contributed by atoms with Crippen LogP contribution in [0.15, 0.2) is 0 Å². The normalized spacial score (nSPS) is 34.9. The summed E-state index contributed by atoms with van der Waals surface area (Å²) in [5.41, 5.74) is -0.404. The maximum atomic E-state index is 10.6. The number of rotatable bonds is 3. The van der Waals surface area contributed by atoms with E-state index in [9.17, 15) is 10.2 Å². The van der Waals surface area contributed by atoms with E-state index in [0.29, 0.717) is 5.92 Å². The summed E-state index contributed by atoms with van der Waals surface area (Å²) in [6.45, 7) is 9.25. The third-order valence-corrected chi connectivity index (χ3v) is 5.23. The van der Waals surface area contributed by atoms with Crippen LogP contribution in [0, 0.1) is 11.3 Å². The molecule has 19 heavy (non-hydrogen) atoms. The van der Waals surface area contributed by atoms with E-state index in [-0.39, 0.29) is 17.1 Å². The molecule has 3 unspecified atom stereocenters. The highest BCUT2D eigenvalue weighted by Gasteiger charge is 2.42. The monoisotopic (exact) mass is 269 g/mol. The van der Waals surface area contributed by atoms with Crippen LogP contribution in [-0.2, 0) is 0 Å². The van der Waals surface area contributed by atoms with E-state index in [0.717, 1.165) is 38.9 Å². The van der Waals surface area contributed by atoms with E-state index in [4.69, 9.17) is 0 Å². The van der Waals surface area contributed by atoms with Crippen LogP contribution in [-0.4, -0.2) is 46.5 Å². The van der Waals surface area contributed by atoms with Gasteiger partial charge in [0.25, 0.3) is 0 Å². The van der Waals surface area contributed by atoms with Gasteiger partial charge in [-0.05, 0) is 31.1 Å². The first kappa shape index (κ1) is 15.3. The van der Waals surface area contributed by atoms with Gasteiger partial charge >= 0.3 is 0 Å². The van der Waals surface area contributed by atoms with Gasteiger partial charge in [0, 0.05) is 25.6 Å². The van der Waals surface area contributed by atoms with Crippen molar-refractivity contribution in [3.8, 4) is 0 Å². The predicted octanol–water partition coefficient (Wildman–Crippen LogP) is 2.41. The van der Waals surface area contributed by atoms with Crippen molar-refractivity contribution in [1.82, 2.24) is 4.90 Å². The minimum absolute atomic E-state index is 0.0264. The molecule has 1 aliphatic carbocycles. The lowest BCUT2D eigenvalue weighted by Gasteiger charge is -2.47. The fourth-order valence-electron chi connectivity index (χ4n) is 3.58. The van der Waals surface area contributed by atoms with Crippen LogP contribution < -0.4 is 0 Å². The Hall–Kier alpha value is -0.120. The first-order valence-corrected chi connectivity index (χ1v) is 7.94. The van der Waals surface area contributed by atoms with Crippen LogP contribution in [0.4, 0.5) is 0 Å². The van der Waals surface area contributed by atoms with Crippen molar-refractivity contribution in [3.63, 3.8) is 0 Å². The highest BCUT2D eigenvalue weighted by atomic mass is 16.3. The fourth-order valence-corrected chi connectivity index (χ4v) is 3.58. The van der Waals surface area contributed by atoms with Crippen LogP contribution in [0.3, 0.4) is 0 Å². The minimum Gasteiger partial charge on any atom is -0.393 e. The van der Waals surface area contributed by atoms with E-state index < -0.39 is 0 Å². The quantitative estimate of drug-likeness (QED) is 0.827. The second kappa shape index (κ2) is 5.71. The highest BCUT2D eigenvalue weighted by Crippen LogP contribution is 2.39. The molecule has 2 fully saturated rings. The van der Waals surface area contributed by atoms with Gasteiger partial charge < -0.3 is 15.1 Å². The summed E-state index contributed by atoms with van der Waals surface area (Å²) >= 11 is 0. The summed E-state index contributed by atoms with van der Waals surface area (Å²) in [6.07, 6.45) is 6.16. The van der Waals surface area contributed by atoms with Gasteiger partial charge in [0.15, 0.2) is 0 Å². The van der Waals surface area contributed by atoms with Gasteiger partial charge in [-0.25, -0.2) is 0 Å². The Morgan fingerprint density at radius 1 is 1.26 bits per heavy atom. The zero-order valence-corrected chi connectivity index (χ0v) is 12.9. The molecule has 0 aromatic rings. The Morgan fingerprint density at radius 2 is 2.00 bits per heavy atom. The SMILES string of the molecule is CC(C)(C)C(O)CCN1CCC2(O)CCCCC2C1. The van der Waals surface area contributed by atoms with Crippen molar-refractivity contribution < 1.29 is 10.2 Å². The van der Waals surface area contributed by atoms with Gasteiger partial charge in [0.1, 0.15) is 0 Å². The summed E-state index contributed by atoms with van der Waals surface area (Å²) < 4.78 is 0. The maximum Gasteiger partial charge on any atom is 0.0700 e. The van der Waals surface area contributed by atoms with Gasteiger partial charge in [0.05, 0.1) is 11.7 Å². The van der Waals surface area contributed by atoms with Crippen molar-refractivity contribution >= 4 is 0 Å². The average Bonchev–Trinajstić information content (AvgIpc) is 2.34. The van der Waals surface area contributed by atoms with Crippen molar-refractivity contribution in [3.05, 3.63) is 0 Å². The summed E-state index contributed by atoms with van der Waals surface area (Å²) in [5, 5.41) is 20.8. The van der Waals surface area contributed by atoms with Gasteiger partial charge in [-0.2, -0.15) is 0 Å². The number of hydrogen-bond donors (Lipinski definition) is 2. The minimum atomic E-state index is -0.378. The van der Waals surface area contributed by atoms with Gasteiger partial charge in [-0.15, -0.1) is 0 Å². The summed E-state index contributed by atoms with van der Waals surface area (Å²) in [7, 11) is 0. The molecule has 0 amide bonds. The molecule has 0 spiro atoms. The second-order valence-corrected chi connectivity index (χ2v) is 7.77. The lowest BCUT2D eigenvalue weighted by Crippen LogP contribution is -2.53. The molecule has 1 saturated carbocycles. The Morgan fingerprint density at radius 3 is 2.68 bits per heavy atom. The molecule has 1 saturated heterocycles. The van der Waals surface area contributed by atoms with E-state index in [1.807, 2.05) is 0 Å². The van der Waals surface area contributed by atoms with Crippen LogP contribution in [0.25, 0.3) is 0 Å². The molecular formula is C16H31NO2. The number of likely N-dealkylation sites (tertiary alicyclic amines) is 1. The van der Waals surface area contributed by atoms with E-state index in [1.54, 1.807) is 0 Å². The molecule has 0 aromatic carbocycles. The number of aliphatic hydroxyl groups excluding tert-OH is 1. The highest BCUT2D eigenvalue weighted by molar-refractivity contribution is 4.95. The molecule has 1 aliphatic heterocycles. The second-order valence-electron chi connectivity index (χ2n) is 7.77. The zero-order chi connectivity index (χ0) is 14.1. The lowest BCUT2D eigenvalue weighted by atomic mass is 9.71. The standard InChI is InChI=1S/C16H31NO2/c1-15(2,3)14(18)7-10-17-11-9-16(19)8-5-4-6-13(16)12-17/h13-14,18-19H,4-12H2,1-3H3. The van der Waals surface area contributed by atoms with Crippen molar-refractivity contribution in [2.45, 2.75) is 71.0 Å². The predicted molar refractivity (Wildman–Crippen MR) is 78.0 cm³/mol. The molecule has 1 heterocycles. The largest absolute Gasteiger partial charge is 0.393 e. The Balaban J connectivity index is 1.81. The zero-order valence-electron chi connectivity index (χ0n) is 12.9. The van der Waals surface area contributed by atoms with Crippen molar-refractivity contribution in [1.29, 1.82) is 0 Å². The number of hydrogen-bond acceptors (Lipinski definition) is 3. The first-order chi connectivity index (χ1) is 8.81. The molecule has 3 nitrogen and oxygen atoms in total. The number of piperidine rings is 1. The van der Waals surface area contributed by atoms with Crippen LogP contribution in [0.1, 0.15) is 59.3 Å². The molecular weight excluding hydrogens is 238 g/mol. The molecule has 0 bridgehead atoms. The Bertz CT molecular complexity index is 300. The number of nitrogens with zero attached hydrogens (tertiary/aromatic N) is 1. The fraction of sp³-hybridized carbons (Fsp3) is 1.00. The molecule has 2 N–H and O–H groups in total. The van der Waals surface area contributed by atoms with Gasteiger partial charge in [-0.3, -0.25) is 0 Å². The van der Waals surface area contributed by atoms with Crippen molar-refractivity contribution in [2.75, 3.05) is 19.6 Å². The first-order valence-electron chi connectivity index (χ1n) is 7.94. The third-order valence-electron chi connectivity index (χ3n) is 5.23. The molecule has 0 radical (unpaired) electrons. The van der Waals surface area contributed by atoms with Crippen LogP contribution in [0.5, 0.6) is 0 Å². The third kappa shape index (κ3) is 3.71. The average molecular weight is 269 g/mol. The lowest BCUT2D eigenvalue weighted by molar-refractivity contribution is -0.0972. The molecule has 3 heteroatoms. The molecule has 0 aromatic heterocycles. The summed E-state index contributed by atoms with van der Waals surface area (Å²) in [4.78, 5) is 2.44. The van der Waals surface area contributed by atoms with Crippen LogP contribution >= 0.6 is 0 Å². The van der Waals surface area contributed by atoms with Gasteiger partial charge in [-0.1, -0.05) is 33.6 Å². The van der Waals surface area contributed by atoms with E-state index >= 15 is 0 Å². The summed E-state index contributed by atoms with van der Waals surface area (Å²) in [6, 6.07) is 0. The summed E-state index contributed by atoms with van der Waals surface area (Å²) in [5.74, 6) is 0.460. The molecule has 3 atom stereocenters. The maximum absolute atomic E-state index is 10.6. The molecule has 2 rings (SSSR count). The van der Waals surface area contributed by atoms with Crippen molar-refractivity contribution in [2.24, 2.45) is 11.3 Å². The molecule has 112 valence electrons. The Labute approximate surface area is 118 Å². The molecule has 2 aliphatic rings. The topological polar surface area (TPSA) is 43.7 Å². The van der Waals surface area contributed by atoms with E-state index in [1.165, 1.54) is 19.3 Å². The van der Waals surface area contributed by atoms with Crippen LogP contribution in [0.2, 0.25) is 0 Å². The number of fused-ring (bicyclic) bond motifs is 1. The number of aliphatic hydroxyl groups is 2. The van der Waals surface area contributed by atoms with E-state index in [2.05, 4.69) is 25.7 Å².